The summed E-state index contributed by atoms with van der Waals surface area (Å²) >= 11 is 0. The van der Waals surface area contributed by atoms with Crippen LogP contribution in [0.4, 0.5) is 0 Å². The van der Waals surface area contributed by atoms with E-state index in [1.165, 1.54) is 16.8 Å². The van der Waals surface area contributed by atoms with Gasteiger partial charge in [0.15, 0.2) is 0 Å². The minimum absolute atomic E-state index is 0.931. The molecule has 0 amide bonds. The summed E-state index contributed by atoms with van der Waals surface area (Å²) in [6.07, 6.45) is 5.89. The van der Waals surface area contributed by atoms with Gasteiger partial charge in [0.05, 0.1) is 11.2 Å². The Hall–Kier alpha value is -3.01. The largest absolute Gasteiger partial charge is 0.268 e. The van der Waals surface area contributed by atoms with E-state index in [1.54, 1.807) is 0 Å². The van der Waals surface area contributed by atoms with Crippen molar-refractivity contribution in [1.82, 2.24) is 19.7 Å². The molecule has 0 saturated carbocycles. The fraction of sp³-hybridized carbons (Fsp3) is 0.150. The van der Waals surface area contributed by atoms with Crippen molar-refractivity contribution in [2.45, 2.75) is 19.4 Å². The van der Waals surface area contributed by atoms with E-state index in [0.29, 0.717) is 0 Å². The maximum atomic E-state index is 4.86. The third kappa shape index (κ3) is 2.03. The first-order chi connectivity index (χ1) is 11.9. The van der Waals surface area contributed by atoms with Crippen LogP contribution >= 0.6 is 0 Å². The minimum atomic E-state index is 0.931. The Kier molecular flexibility index (Phi) is 2.95. The molecule has 4 heterocycles. The molecule has 0 bridgehead atoms. The normalized spacial score (nSPS) is 13.3. The zero-order valence-corrected chi connectivity index (χ0v) is 13.2. The molecule has 0 radical (unpaired) electrons. The summed E-state index contributed by atoms with van der Waals surface area (Å²) in [5.41, 5.74) is 6.66. The number of rotatable bonds is 2. The summed E-state index contributed by atoms with van der Waals surface area (Å²) < 4.78 is 2.15. The number of benzene rings is 1. The molecule has 5 rings (SSSR count). The highest BCUT2D eigenvalue weighted by atomic mass is 15.3. The number of aromatic nitrogens is 4. The van der Waals surface area contributed by atoms with Crippen LogP contribution in [0.15, 0.2) is 60.9 Å². The van der Waals surface area contributed by atoms with Gasteiger partial charge >= 0.3 is 0 Å². The van der Waals surface area contributed by atoms with Crippen LogP contribution < -0.4 is 0 Å². The second-order valence-corrected chi connectivity index (χ2v) is 6.12. The molecule has 0 atom stereocenters. The molecular formula is C20H16N4. The highest BCUT2D eigenvalue weighted by Crippen LogP contribution is 2.37. The molecule has 1 aromatic carbocycles. The zero-order chi connectivity index (χ0) is 15.9. The minimum Gasteiger partial charge on any atom is -0.268 e. The molecule has 3 aromatic heterocycles. The highest BCUT2D eigenvalue weighted by Gasteiger charge is 2.24. The van der Waals surface area contributed by atoms with E-state index >= 15 is 0 Å². The number of pyridine rings is 2. The van der Waals surface area contributed by atoms with E-state index in [2.05, 4.69) is 38.9 Å². The van der Waals surface area contributed by atoms with E-state index in [9.17, 15) is 0 Å². The lowest BCUT2D eigenvalue weighted by molar-refractivity contribution is 0.658. The monoisotopic (exact) mass is 312 g/mol. The van der Waals surface area contributed by atoms with Crippen molar-refractivity contribution < 1.29 is 0 Å². The smallest absolute Gasteiger partial charge is 0.119 e. The Morgan fingerprint density at radius 2 is 1.88 bits per heavy atom. The molecular weight excluding hydrogens is 296 g/mol. The highest BCUT2D eigenvalue weighted by molar-refractivity contribution is 5.89. The fourth-order valence-corrected chi connectivity index (χ4v) is 3.55. The summed E-state index contributed by atoms with van der Waals surface area (Å²) in [6.45, 7) is 0.990. The van der Waals surface area contributed by atoms with Gasteiger partial charge < -0.3 is 0 Å². The first-order valence-electron chi connectivity index (χ1n) is 8.26. The van der Waals surface area contributed by atoms with Gasteiger partial charge in [-0.1, -0.05) is 18.2 Å². The average molecular weight is 312 g/mol. The molecule has 0 spiro atoms. The van der Waals surface area contributed by atoms with Crippen LogP contribution in [0.1, 0.15) is 12.1 Å². The number of hydrogen-bond acceptors (Lipinski definition) is 3. The van der Waals surface area contributed by atoms with Crippen LogP contribution in [0.25, 0.3) is 33.4 Å². The maximum absolute atomic E-state index is 4.86. The maximum Gasteiger partial charge on any atom is 0.119 e. The molecule has 116 valence electrons. The van der Waals surface area contributed by atoms with Crippen molar-refractivity contribution in [1.29, 1.82) is 0 Å². The molecule has 1 aliphatic heterocycles. The number of hydrogen-bond donors (Lipinski definition) is 0. The zero-order valence-electron chi connectivity index (χ0n) is 13.2. The topological polar surface area (TPSA) is 43.6 Å². The second kappa shape index (κ2) is 5.27. The summed E-state index contributed by atoms with van der Waals surface area (Å²) in [5, 5.41) is 6.01. The van der Waals surface area contributed by atoms with Crippen molar-refractivity contribution in [2.75, 3.05) is 0 Å². The molecule has 4 aromatic rings. The van der Waals surface area contributed by atoms with Gasteiger partial charge in [-0.15, -0.1) is 0 Å². The van der Waals surface area contributed by atoms with Crippen molar-refractivity contribution in [2.24, 2.45) is 0 Å². The van der Waals surface area contributed by atoms with Gasteiger partial charge in [0.1, 0.15) is 5.69 Å². The van der Waals surface area contributed by atoms with Gasteiger partial charge in [0, 0.05) is 35.6 Å². The lowest BCUT2D eigenvalue weighted by atomic mass is 9.98. The molecule has 4 nitrogen and oxygen atoms in total. The second-order valence-electron chi connectivity index (χ2n) is 6.12. The Morgan fingerprint density at radius 3 is 2.79 bits per heavy atom. The summed E-state index contributed by atoms with van der Waals surface area (Å²) in [5.74, 6) is 0. The van der Waals surface area contributed by atoms with Crippen LogP contribution in [0.5, 0.6) is 0 Å². The summed E-state index contributed by atoms with van der Waals surface area (Å²) in [4.78, 5) is 8.95. The van der Waals surface area contributed by atoms with Crippen molar-refractivity contribution in [3.05, 3.63) is 66.6 Å². The van der Waals surface area contributed by atoms with Crippen molar-refractivity contribution in [3.8, 4) is 22.5 Å². The van der Waals surface area contributed by atoms with Gasteiger partial charge in [0.25, 0.3) is 0 Å². The molecule has 0 N–H and O–H groups in total. The van der Waals surface area contributed by atoms with Gasteiger partial charge in [-0.05, 0) is 48.7 Å². The predicted octanol–water partition coefficient (Wildman–Crippen LogP) is 4.11. The molecule has 24 heavy (non-hydrogen) atoms. The molecule has 1 aliphatic rings. The van der Waals surface area contributed by atoms with Crippen LogP contribution in [0, 0.1) is 0 Å². The summed E-state index contributed by atoms with van der Waals surface area (Å²) in [7, 11) is 0. The Labute approximate surface area is 139 Å². The molecule has 4 heteroatoms. The fourth-order valence-electron chi connectivity index (χ4n) is 3.55. The SMILES string of the molecule is c1ccc(-c2nn3c(c2-c2ccc4ncccc4c2)CCC3)nc1. The number of aryl methyl sites for hydroxylation is 1. The van der Waals surface area contributed by atoms with Gasteiger partial charge in [-0.25, -0.2) is 0 Å². The number of nitrogens with zero attached hydrogens (tertiary/aromatic N) is 4. The quantitative estimate of drug-likeness (QED) is 0.559. The van der Waals surface area contributed by atoms with Crippen LogP contribution in [-0.2, 0) is 13.0 Å². The van der Waals surface area contributed by atoms with Crippen molar-refractivity contribution in [3.63, 3.8) is 0 Å². The average Bonchev–Trinajstić information content (AvgIpc) is 3.23. The number of fused-ring (bicyclic) bond motifs is 2. The van der Waals surface area contributed by atoms with Gasteiger partial charge in [0.2, 0.25) is 0 Å². The van der Waals surface area contributed by atoms with Crippen LogP contribution in [0.2, 0.25) is 0 Å². The lowest BCUT2D eigenvalue weighted by Gasteiger charge is -2.06. The molecule has 0 saturated heterocycles. The summed E-state index contributed by atoms with van der Waals surface area (Å²) in [6, 6.07) is 16.5. The first kappa shape index (κ1) is 13.4. The standard InChI is InChI=1S/C20H16N4/c1-2-10-22-17(6-1)20-19(18-7-4-12-24(18)23-20)15-8-9-16-14(13-15)5-3-11-21-16/h1-3,5-6,8-11,13H,4,7,12H2. The third-order valence-corrected chi connectivity index (χ3v) is 4.64. The molecule has 0 unspecified atom stereocenters. The third-order valence-electron chi connectivity index (χ3n) is 4.64. The molecule has 0 aliphatic carbocycles. The van der Waals surface area contributed by atoms with Crippen LogP contribution in [-0.4, -0.2) is 19.7 Å². The van der Waals surface area contributed by atoms with Crippen molar-refractivity contribution >= 4 is 10.9 Å². The Morgan fingerprint density at radius 1 is 0.917 bits per heavy atom. The Bertz CT molecular complexity index is 1030. The van der Waals surface area contributed by atoms with E-state index < -0.39 is 0 Å². The van der Waals surface area contributed by atoms with E-state index in [1.807, 2.05) is 36.7 Å². The van der Waals surface area contributed by atoms with Gasteiger partial charge in [-0.3, -0.25) is 14.6 Å². The van der Waals surface area contributed by atoms with Gasteiger partial charge in [-0.2, -0.15) is 5.10 Å². The Balaban J connectivity index is 1.77. The van der Waals surface area contributed by atoms with E-state index in [-0.39, 0.29) is 0 Å². The van der Waals surface area contributed by atoms with E-state index in [4.69, 9.17) is 5.10 Å². The first-order valence-corrected chi connectivity index (χ1v) is 8.26. The predicted molar refractivity (Wildman–Crippen MR) is 94.5 cm³/mol. The van der Waals surface area contributed by atoms with E-state index in [0.717, 1.165) is 41.7 Å². The lowest BCUT2D eigenvalue weighted by Crippen LogP contribution is -1.94. The molecule has 0 fully saturated rings. The van der Waals surface area contributed by atoms with Crippen LogP contribution in [0.3, 0.4) is 0 Å².